The van der Waals surface area contributed by atoms with Crippen LogP contribution in [0, 0.1) is 0 Å². The third-order valence-electron chi connectivity index (χ3n) is 3.33. The average Bonchev–Trinajstić information content (AvgIpc) is 2.66. The van der Waals surface area contributed by atoms with Crippen molar-refractivity contribution in [3.8, 4) is 11.5 Å². The third-order valence-corrected chi connectivity index (χ3v) is 3.33. The van der Waals surface area contributed by atoms with Crippen molar-refractivity contribution in [1.82, 2.24) is 15.7 Å². The fraction of sp³-hybridized carbons (Fsp3) is 0.176. The smallest absolute Gasteiger partial charge is 0.329 e. The van der Waals surface area contributed by atoms with Crippen molar-refractivity contribution < 1.29 is 19.1 Å². The molecule has 3 rings (SSSR count). The minimum absolute atomic E-state index is 0.214. The highest BCUT2D eigenvalue weighted by molar-refractivity contribution is 6.35. The largest absolute Gasteiger partial charge is 0.486 e. The van der Waals surface area contributed by atoms with Gasteiger partial charge < -0.3 is 14.8 Å². The second-order valence-electron chi connectivity index (χ2n) is 5.15. The molecule has 0 atom stereocenters. The van der Waals surface area contributed by atoms with Gasteiger partial charge in [-0.1, -0.05) is 6.07 Å². The fourth-order valence-corrected chi connectivity index (χ4v) is 2.12. The van der Waals surface area contributed by atoms with Crippen molar-refractivity contribution in [3.05, 3.63) is 53.9 Å². The lowest BCUT2D eigenvalue weighted by Gasteiger charge is -2.18. The first kappa shape index (κ1) is 16.4. The zero-order valence-corrected chi connectivity index (χ0v) is 13.3. The van der Waals surface area contributed by atoms with Crippen LogP contribution in [-0.2, 0) is 16.1 Å². The number of nitrogens with one attached hydrogen (secondary N) is 2. The van der Waals surface area contributed by atoms with Gasteiger partial charge in [0.2, 0.25) is 0 Å². The Morgan fingerprint density at radius 3 is 2.80 bits per heavy atom. The molecule has 2 N–H and O–H groups in total. The Morgan fingerprint density at radius 1 is 1.16 bits per heavy atom. The van der Waals surface area contributed by atoms with Crippen LogP contribution in [0.15, 0.2) is 47.8 Å². The molecule has 2 amide bonds. The number of pyridine rings is 1. The average molecular weight is 340 g/mol. The van der Waals surface area contributed by atoms with Gasteiger partial charge in [0.15, 0.2) is 11.5 Å². The summed E-state index contributed by atoms with van der Waals surface area (Å²) in [5, 5.41) is 6.26. The topological polar surface area (TPSA) is 102 Å². The Kier molecular flexibility index (Phi) is 5.20. The zero-order chi connectivity index (χ0) is 17.5. The number of hydrogen-bond donors (Lipinski definition) is 2. The number of carbonyl (C=O) groups excluding carboxylic acids is 2. The number of carbonyl (C=O) groups is 2. The Labute approximate surface area is 143 Å². The van der Waals surface area contributed by atoms with Gasteiger partial charge in [-0.3, -0.25) is 14.6 Å². The number of ether oxygens (including phenoxy) is 2. The zero-order valence-electron chi connectivity index (χ0n) is 13.3. The van der Waals surface area contributed by atoms with Crippen LogP contribution in [0.2, 0.25) is 0 Å². The lowest BCUT2D eigenvalue weighted by atomic mass is 10.2. The predicted octanol–water partition coefficient (Wildman–Crippen LogP) is 0.619. The van der Waals surface area contributed by atoms with Gasteiger partial charge in [0.05, 0.1) is 6.21 Å². The summed E-state index contributed by atoms with van der Waals surface area (Å²) in [6, 6.07) is 8.82. The lowest BCUT2D eigenvalue weighted by Crippen LogP contribution is -2.37. The molecule has 2 aromatic rings. The van der Waals surface area contributed by atoms with Gasteiger partial charge in [0.1, 0.15) is 13.2 Å². The van der Waals surface area contributed by atoms with Gasteiger partial charge in [-0.25, -0.2) is 5.43 Å². The molecule has 0 saturated carbocycles. The SMILES string of the molecule is O=C(NCc1cccnc1)C(=O)N/N=C/c1ccc2c(c1)OCCO2. The maximum absolute atomic E-state index is 11.7. The molecule has 1 aliphatic rings. The highest BCUT2D eigenvalue weighted by Crippen LogP contribution is 2.30. The Bertz CT molecular complexity index is 792. The minimum atomic E-state index is -0.849. The van der Waals surface area contributed by atoms with Gasteiger partial charge in [-0.15, -0.1) is 0 Å². The molecule has 0 unspecified atom stereocenters. The van der Waals surface area contributed by atoms with Gasteiger partial charge in [0.25, 0.3) is 0 Å². The predicted molar refractivity (Wildman–Crippen MR) is 89.3 cm³/mol. The normalized spacial score (nSPS) is 12.6. The van der Waals surface area contributed by atoms with E-state index in [0.717, 1.165) is 5.56 Å². The van der Waals surface area contributed by atoms with Crippen molar-refractivity contribution in [2.75, 3.05) is 13.2 Å². The number of hydrazone groups is 1. The van der Waals surface area contributed by atoms with E-state index in [4.69, 9.17) is 9.47 Å². The summed E-state index contributed by atoms with van der Waals surface area (Å²) < 4.78 is 10.9. The number of fused-ring (bicyclic) bond motifs is 1. The summed E-state index contributed by atoms with van der Waals surface area (Å²) in [5.41, 5.74) is 3.68. The van der Waals surface area contributed by atoms with E-state index in [1.807, 2.05) is 0 Å². The third kappa shape index (κ3) is 4.54. The van der Waals surface area contributed by atoms with E-state index < -0.39 is 11.8 Å². The molecule has 0 bridgehead atoms. The van der Waals surface area contributed by atoms with Gasteiger partial charge >= 0.3 is 11.8 Å². The van der Waals surface area contributed by atoms with E-state index in [1.54, 1.807) is 42.7 Å². The van der Waals surface area contributed by atoms with Crippen LogP contribution in [0.3, 0.4) is 0 Å². The van der Waals surface area contributed by atoms with Crippen LogP contribution in [-0.4, -0.2) is 36.2 Å². The number of nitrogens with zero attached hydrogens (tertiary/aromatic N) is 2. The van der Waals surface area contributed by atoms with Crippen molar-refractivity contribution in [1.29, 1.82) is 0 Å². The number of amides is 2. The molecular weight excluding hydrogens is 324 g/mol. The maximum atomic E-state index is 11.7. The van der Waals surface area contributed by atoms with E-state index in [1.165, 1.54) is 6.21 Å². The molecule has 25 heavy (non-hydrogen) atoms. The first-order chi connectivity index (χ1) is 12.2. The highest BCUT2D eigenvalue weighted by Gasteiger charge is 2.13. The molecule has 1 aromatic heterocycles. The molecule has 0 aliphatic carbocycles. The first-order valence-electron chi connectivity index (χ1n) is 7.62. The quantitative estimate of drug-likeness (QED) is 0.483. The summed E-state index contributed by atoms with van der Waals surface area (Å²) in [7, 11) is 0. The summed E-state index contributed by atoms with van der Waals surface area (Å²) in [6.45, 7) is 1.22. The number of rotatable bonds is 4. The van der Waals surface area contributed by atoms with Crippen LogP contribution in [0.1, 0.15) is 11.1 Å². The second kappa shape index (κ2) is 7.91. The Hall–Kier alpha value is -3.42. The minimum Gasteiger partial charge on any atom is -0.486 e. The molecule has 0 radical (unpaired) electrons. The standard InChI is InChI=1S/C17H16N4O4/c22-16(19-10-13-2-1-5-18-9-13)17(23)21-20-11-12-3-4-14-15(8-12)25-7-6-24-14/h1-5,8-9,11H,6-7,10H2,(H,19,22)(H,21,23)/b20-11+. The molecule has 2 heterocycles. The summed E-state index contributed by atoms with van der Waals surface area (Å²) >= 11 is 0. The molecule has 1 aromatic carbocycles. The van der Waals surface area contributed by atoms with E-state index in [2.05, 4.69) is 20.8 Å². The Morgan fingerprint density at radius 2 is 2.00 bits per heavy atom. The lowest BCUT2D eigenvalue weighted by molar-refractivity contribution is -0.139. The van der Waals surface area contributed by atoms with Gasteiger partial charge in [0, 0.05) is 18.9 Å². The van der Waals surface area contributed by atoms with Crippen molar-refractivity contribution in [3.63, 3.8) is 0 Å². The van der Waals surface area contributed by atoms with Crippen molar-refractivity contribution in [2.24, 2.45) is 5.10 Å². The van der Waals surface area contributed by atoms with Crippen molar-refractivity contribution >= 4 is 18.0 Å². The maximum Gasteiger partial charge on any atom is 0.329 e. The van der Waals surface area contributed by atoms with Gasteiger partial charge in [-0.05, 0) is 35.4 Å². The molecule has 0 saturated heterocycles. The summed E-state index contributed by atoms with van der Waals surface area (Å²) in [6.07, 6.45) is 4.66. The molecule has 8 nitrogen and oxygen atoms in total. The molecule has 0 fully saturated rings. The summed E-state index contributed by atoms with van der Waals surface area (Å²) in [4.78, 5) is 27.3. The molecule has 128 valence electrons. The van der Waals surface area contributed by atoms with E-state index in [9.17, 15) is 9.59 Å². The summed E-state index contributed by atoms with van der Waals surface area (Å²) in [5.74, 6) is -0.334. The second-order valence-corrected chi connectivity index (χ2v) is 5.15. The molecule has 8 heteroatoms. The van der Waals surface area contributed by atoms with E-state index >= 15 is 0 Å². The highest BCUT2D eigenvalue weighted by atomic mass is 16.6. The van der Waals surface area contributed by atoms with Crippen molar-refractivity contribution in [2.45, 2.75) is 6.54 Å². The fourth-order valence-electron chi connectivity index (χ4n) is 2.12. The number of hydrogen-bond acceptors (Lipinski definition) is 6. The molecule has 0 spiro atoms. The van der Waals surface area contributed by atoms with Crippen LogP contribution in [0.25, 0.3) is 0 Å². The number of benzene rings is 1. The monoisotopic (exact) mass is 340 g/mol. The van der Waals surface area contributed by atoms with Crippen LogP contribution >= 0.6 is 0 Å². The van der Waals surface area contributed by atoms with E-state index in [-0.39, 0.29) is 6.54 Å². The number of aromatic nitrogens is 1. The van der Waals surface area contributed by atoms with Gasteiger partial charge in [-0.2, -0.15) is 5.10 Å². The van der Waals surface area contributed by atoms with Crippen LogP contribution in [0.5, 0.6) is 11.5 Å². The van der Waals surface area contributed by atoms with E-state index in [0.29, 0.717) is 30.3 Å². The first-order valence-corrected chi connectivity index (χ1v) is 7.62. The van der Waals surface area contributed by atoms with Crippen LogP contribution in [0.4, 0.5) is 0 Å². The molecule has 1 aliphatic heterocycles. The Balaban J connectivity index is 1.49. The van der Waals surface area contributed by atoms with Crippen LogP contribution < -0.4 is 20.2 Å². The molecular formula is C17H16N4O4.